The maximum Gasteiger partial charge on any atom is 0.347 e. The Bertz CT molecular complexity index is 1430. The van der Waals surface area contributed by atoms with Crippen LogP contribution in [0.3, 0.4) is 0 Å². The third kappa shape index (κ3) is 7.04. The molecule has 0 spiro atoms. The number of thiophene rings is 1. The maximum absolute atomic E-state index is 13.4. The Morgan fingerprint density at radius 3 is 2.30 bits per heavy atom. The number of sulfonamides is 1. The normalized spacial score (nSPS) is 12.9. The van der Waals surface area contributed by atoms with Crippen LogP contribution in [0.4, 0.5) is 0 Å². The van der Waals surface area contributed by atoms with E-state index in [1.807, 2.05) is 0 Å². The number of rotatable bonds is 13. The zero-order valence-electron chi connectivity index (χ0n) is 20.0. The molecule has 200 valence electrons. The molecule has 0 aliphatic carbocycles. The summed E-state index contributed by atoms with van der Waals surface area (Å²) in [5, 5.41) is 9.51. The highest BCUT2D eigenvalue weighted by molar-refractivity contribution is 7.92. The van der Waals surface area contributed by atoms with E-state index in [-0.39, 0.29) is 15.5 Å². The molecule has 0 aliphatic rings. The first-order valence-electron chi connectivity index (χ1n) is 11.2. The standard InChI is InChI=1S/C22H28N5O7PS2/c1-14-17-10-18(33-8-2-6-23)19(34-9-3-7-24)11-20(17)36-22(14)37(31,32)27-21(35(28,29)30)15-4-5-16(12-25)26-13-15/h4-5,10-11,13,21,27H,2-3,6-9,23-24H2,1H3,(H2,28,29,30). The molecular formula is C22H28N5O7PS2. The number of pyridine rings is 1. The van der Waals surface area contributed by atoms with Crippen LogP contribution in [-0.4, -0.2) is 49.5 Å². The molecule has 0 saturated heterocycles. The first-order valence-corrected chi connectivity index (χ1v) is 15.2. The number of hydrogen-bond acceptors (Lipinski definition) is 10. The maximum atomic E-state index is 13.4. The predicted molar refractivity (Wildman–Crippen MR) is 139 cm³/mol. The van der Waals surface area contributed by atoms with Crippen LogP contribution < -0.4 is 25.7 Å². The first kappa shape index (κ1) is 29.0. The van der Waals surface area contributed by atoms with Crippen molar-refractivity contribution >= 4 is 39.0 Å². The lowest BCUT2D eigenvalue weighted by Crippen LogP contribution is -2.28. The minimum absolute atomic E-state index is 0.0189. The van der Waals surface area contributed by atoms with Gasteiger partial charge in [-0.2, -0.15) is 9.98 Å². The quantitative estimate of drug-likeness (QED) is 0.148. The van der Waals surface area contributed by atoms with Crippen molar-refractivity contribution in [1.29, 1.82) is 5.26 Å². The lowest BCUT2D eigenvalue weighted by Gasteiger charge is -2.20. The number of aromatic nitrogens is 1. The number of nitriles is 1. The van der Waals surface area contributed by atoms with Crippen LogP contribution in [0.15, 0.2) is 34.7 Å². The van der Waals surface area contributed by atoms with Gasteiger partial charge in [0.25, 0.3) is 10.0 Å². The van der Waals surface area contributed by atoms with Crippen molar-refractivity contribution in [2.45, 2.75) is 29.8 Å². The topological polar surface area (TPSA) is 211 Å². The Morgan fingerprint density at radius 1 is 1.16 bits per heavy atom. The Kier molecular flexibility index (Phi) is 9.63. The lowest BCUT2D eigenvalue weighted by atomic mass is 10.2. The van der Waals surface area contributed by atoms with Crippen molar-refractivity contribution < 1.29 is 32.2 Å². The third-order valence-electron chi connectivity index (χ3n) is 5.23. The number of fused-ring (bicyclic) bond motifs is 1. The Hall–Kier alpha value is -2.60. The van der Waals surface area contributed by atoms with Gasteiger partial charge in [0.2, 0.25) is 0 Å². The van der Waals surface area contributed by atoms with E-state index in [0.717, 1.165) is 17.5 Å². The molecule has 37 heavy (non-hydrogen) atoms. The van der Waals surface area contributed by atoms with E-state index in [2.05, 4.69) is 9.71 Å². The van der Waals surface area contributed by atoms with E-state index >= 15 is 0 Å². The number of nitrogens with zero attached hydrogens (tertiary/aromatic N) is 2. The molecular weight excluding hydrogens is 541 g/mol. The Morgan fingerprint density at radius 2 is 1.78 bits per heavy atom. The van der Waals surface area contributed by atoms with Crippen molar-refractivity contribution in [3.63, 3.8) is 0 Å². The fraction of sp³-hybridized carbons (Fsp3) is 0.364. The van der Waals surface area contributed by atoms with Crippen molar-refractivity contribution in [3.05, 3.63) is 47.3 Å². The van der Waals surface area contributed by atoms with E-state index in [0.29, 0.717) is 66.3 Å². The van der Waals surface area contributed by atoms with Crippen LogP contribution >= 0.6 is 18.9 Å². The summed E-state index contributed by atoms with van der Waals surface area (Å²) in [6.07, 6.45) is 2.28. The molecule has 1 atom stereocenters. The molecule has 3 rings (SSSR count). The fourth-order valence-corrected chi connectivity index (χ4v) is 7.74. The zero-order valence-corrected chi connectivity index (χ0v) is 22.5. The average molecular weight is 570 g/mol. The van der Waals surface area contributed by atoms with Crippen LogP contribution in [0.2, 0.25) is 0 Å². The average Bonchev–Trinajstić information content (AvgIpc) is 3.18. The molecule has 2 aromatic heterocycles. The van der Waals surface area contributed by atoms with E-state index in [1.165, 1.54) is 12.1 Å². The second kappa shape index (κ2) is 12.3. The van der Waals surface area contributed by atoms with Crippen molar-refractivity contribution in [2.75, 3.05) is 26.3 Å². The predicted octanol–water partition coefficient (Wildman–Crippen LogP) is 2.09. The second-order valence-electron chi connectivity index (χ2n) is 7.99. The molecule has 0 fully saturated rings. The van der Waals surface area contributed by atoms with Crippen LogP contribution in [0.25, 0.3) is 10.1 Å². The van der Waals surface area contributed by atoms with Gasteiger partial charge in [-0.25, -0.2) is 13.4 Å². The minimum atomic E-state index is -5.00. The molecule has 1 aromatic carbocycles. The summed E-state index contributed by atoms with van der Waals surface area (Å²) in [5.74, 6) is -1.05. The van der Waals surface area contributed by atoms with Crippen molar-refractivity contribution in [2.24, 2.45) is 11.5 Å². The number of ether oxygens (including phenoxy) is 2. The molecule has 0 aliphatic heterocycles. The number of aryl methyl sites for hydroxylation is 1. The molecule has 2 heterocycles. The largest absolute Gasteiger partial charge is 0.490 e. The lowest BCUT2D eigenvalue weighted by molar-refractivity contribution is 0.266. The summed E-state index contributed by atoms with van der Waals surface area (Å²) in [6.45, 7) is 3.16. The summed E-state index contributed by atoms with van der Waals surface area (Å²) in [5.41, 5.74) is 11.4. The number of hydrogen-bond donors (Lipinski definition) is 5. The summed E-state index contributed by atoms with van der Waals surface area (Å²) in [6, 6.07) is 7.63. The van der Waals surface area contributed by atoms with Gasteiger partial charge >= 0.3 is 7.60 Å². The van der Waals surface area contributed by atoms with Crippen LogP contribution in [0, 0.1) is 18.3 Å². The first-order chi connectivity index (χ1) is 17.5. The van der Waals surface area contributed by atoms with Crippen LogP contribution in [-0.2, 0) is 14.6 Å². The number of nitrogens with two attached hydrogens (primary N) is 2. The second-order valence-corrected chi connectivity index (χ2v) is 12.6. The van der Waals surface area contributed by atoms with Gasteiger partial charge in [0.05, 0.1) is 13.2 Å². The minimum Gasteiger partial charge on any atom is -0.490 e. The molecule has 12 nitrogen and oxygen atoms in total. The SMILES string of the molecule is Cc1c(S(=O)(=O)NC(c2ccc(C#N)nc2)P(=O)(O)O)sc2cc(OCCCN)c(OCCCN)cc12. The van der Waals surface area contributed by atoms with Gasteiger partial charge in [-0.15, -0.1) is 11.3 Å². The highest BCUT2D eigenvalue weighted by Crippen LogP contribution is 2.51. The van der Waals surface area contributed by atoms with Crippen LogP contribution in [0.1, 0.15) is 35.4 Å². The zero-order chi connectivity index (χ0) is 27.2. The van der Waals surface area contributed by atoms with E-state index in [4.69, 9.17) is 26.2 Å². The van der Waals surface area contributed by atoms with Gasteiger partial charge in [0, 0.05) is 27.9 Å². The van der Waals surface area contributed by atoms with Gasteiger partial charge in [-0.1, -0.05) is 6.07 Å². The molecule has 7 N–H and O–H groups in total. The molecule has 15 heteroatoms. The number of benzene rings is 1. The van der Waals surface area contributed by atoms with Crippen molar-refractivity contribution in [3.8, 4) is 17.6 Å². The number of nitrogens with one attached hydrogen (secondary N) is 1. The molecule has 1 unspecified atom stereocenters. The molecule has 3 aromatic rings. The summed E-state index contributed by atoms with van der Waals surface area (Å²) in [4.78, 5) is 23.6. The monoisotopic (exact) mass is 569 g/mol. The van der Waals surface area contributed by atoms with Crippen LogP contribution in [0.5, 0.6) is 11.5 Å². The smallest absolute Gasteiger partial charge is 0.347 e. The molecule has 0 radical (unpaired) electrons. The van der Waals surface area contributed by atoms with E-state index < -0.39 is 23.4 Å². The van der Waals surface area contributed by atoms with E-state index in [9.17, 15) is 22.8 Å². The molecule has 0 saturated carbocycles. The van der Waals surface area contributed by atoms with Crippen molar-refractivity contribution in [1.82, 2.24) is 9.71 Å². The van der Waals surface area contributed by atoms with Gasteiger partial charge < -0.3 is 30.7 Å². The highest BCUT2D eigenvalue weighted by atomic mass is 32.2. The van der Waals surface area contributed by atoms with Gasteiger partial charge in [0.1, 0.15) is 21.8 Å². The highest BCUT2D eigenvalue weighted by Gasteiger charge is 2.36. The van der Waals surface area contributed by atoms with E-state index in [1.54, 1.807) is 25.1 Å². The summed E-state index contributed by atoms with van der Waals surface area (Å²) in [7, 11) is -9.40. The Balaban J connectivity index is 2.02. The summed E-state index contributed by atoms with van der Waals surface area (Å²) >= 11 is 0.933. The Labute approximate surface area is 218 Å². The van der Waals surface area contributed by atoms with Gasteiger partial charge in [-0.3, -0.25) is 4.57 Å². The molecule has 0 amide bonds. The van der Waals surface area contributed by atoms with Gasteiger partial charge in [-0.05, 0) is 50.6 Å². The fourth-order valence-electron chi connectivity index (χ4n) is 3.38. The summed E-state index contributed by atoms with van der Waals surface area (Å²) < 4.78 is 53.2. The third-order valence-corrected chi connectivity index (χ3v) is 9.81. The molecule has 0 bridgehead atoms. The van der Waals surface area contributed by atoms with Gasteiger partial charge in [0.15, 0.2) is 11.5 Å².